The van der Waals surface area contributed by atoms with Crippen molar-refractivity contribution in [3.8, 4) is 22.8 Å². The van der Waals surface area contributed by atoms with Crippen LogP contribution in [0.4, 0.5) is 0 Å². The number of aromatic nitrogens is 3. The number of rotatable bonds is 8. The average molecular weight is 557 g/mol. The summed E-state index contributed by atoms with van der Waals surface area (Å²) in [7, 11) is 1.60. The number of halogens is 2. The Morgan fingerprint density at radius 3 is 2.62 bits per heavy atom. The van der Waals surface area contributed by atoms with Gasteiger partial charge in [0.1, 0.15) is 5.75 Å². The number of para-hydroxylation sites is 1. The molecule has 1 N–H and O–H groups in total. The third-order valence-electron chi connectivity index (χ3n) is 4.66. The highest BCUT2D eigenvalue weighted by molar-refractivity contribution is 9.10. The highest BCUT2D eigenvalue weighted by Gasteiger charge is 2.17. The van der Waals surface area contributed by atoms with Crippen LogP contribution in [0.3, 0.4) is 0 Å². The minimum absolute atomic E-state index is 0.120. The number of carbonyl (C=O) groups is 1. The van der Waals surface area contributed by atoms with Gasteiger partial charge in [-0.25, -0.2) is 5.43 Å². The zero-order valence-electron chi connectivity index (χ0n) is 18.0. The second-order valence-electron chi connectivity index (χ2n) is 6.96. The molecule has 0 fully saturated rings. The molecule has 0 saturated heterocycles. The van der Waals surface area contributed by atoms with E-state index < -0.39 is 0 Å². The van der Waals surface area contributed by atoms with Crippen molar-refractivity contribution in [2.45, 2.75) is 5.16 Å². The lowest BCUT2D eigenvalue weighted by Crippen LogP contribution is -2.20. The topological polar surface area (TPSA) is 81.4 Å². The molecule has 3 aromatic carbocycles. The van der Waals surface area contributed by atoms with Crippen LogP contribution in [0, 0.1) is 0 Å². The van der Waals surface area contributed by atoms with Crippen molar-refractivity contribution >= 4 is 51.4 Å². The van der Waals surface area contributed by atoms with E-state index in [0.717, 1.165) is 27.0 Å². The Hall–Kier alpha value is -3.14. The summed E-state index contributed by atoms with van der Waals surface area (Å²) >= 11 is 10.7. The van der Waals surface area contributed by atoms with Crippen molar-refractivity contribution in [1.29, 1.82) is 0 Å². The summed E-state index contributed by atoms with van der Waals surface area (Å²) in [4.78, 5) is 12.4. The largest absolute Gasteiger partial charge is 0.496 e. The number of amides is 1. The quantitative estimate of drug-likeness (QED) is 0.174. The Balaban J connectivity index is 1.47. The number of nitrogens with one attached hydrogen (secondary N) is 1. The lowest BCUT2D eigenvalue weighted by atomic mass is 10.2. The number of carbonyl (C=O) groups excluding carboxylic acids is 1. The van der Waals surface area contributed by atoms with Crippen molar-refractivity contribution < 1.29 is 9.53 Å². The molecule has 34 heavy (non-hydrogen) atoms. The maximum Gasteiger partial charge on any atom is 0.250 e. The highest BCUT2D eigenvalue weighted by Crippen LogP contribution is 2.28. The van der Waals surface area contributed by atoms with Gasteiger partial charge in [-0.2, -0.15) is 5.10 Å². The van der Waals surface area contributed by atoms with Gasteiger partial charge in [0.25, 0.3) is 5.91 Å². The van der Waals surface area contributed by atoms with Gasteiger partial charge >= 0.3 is 0 Å². The van der Waals surface area contributed by atoms with Crippen molar-refractivity contribution in [3.63, 3.8) is 0 Å². The molecule has 0 saturated carbocycles. The smallest absolute Gasteiger partial charge is 0.250 e. The molecular weight excluding hydrogens is 538 g/mol. The van der Waals surface area contributed by atoms with Crippen LogP contribution in [0.25, 0.3) is 17.1 Å². The van der Waals surface area contributed by atoms with Gasteiger partial charge in [0.2, 0.25) is 0 Å². The average Bonchev–Trinajstić information content (AvgIpc) is 3.28. The monoisotopic (exact) mass is 555 g/mol. The molecule has 0 bridgehead atoms. The van der Waals surface area contributed by atoms with Gasteiger partial charge in [0, 0.05) is 16.3 Å². The fourth-order valence-electron chi connectivity index (χ4n) is 3.06. The van der Waals surface area contributed by atoms with E-state index in [2.05, 4.69) is 36.7 Å². The predicted octanol–water partition coefficient (Wildman–Crippen LogP) is 5.60. The Kier molecular flexibility index (Phi) is 7.99. The van der Waals surface area contributed by atoms with Gasteiger partial charge in [-0.05, 0) is 76.1 Å². The van der Waals surface area contributed by atoms with Gasteiger partial charge in [0.15, 0.2) is 11.0 Å². The second kappa shape index (κ2) is 11.3. The molecule has 0 spiro atoms. The molecule has 1 heterocycles. The molecule has 0 atom stereocenters. The summed E-state index contributed by atoms with van der Waals surface area (Å²) in [6.07, 6.45) is 1.57. The minimum Gasteiger partial charge on any atom is -0.496 e. The van der Waals surface area contributed by atoms with E-state index >= 15 is 0 Å². The van der Waals surface area contributed by atoms with Gasteiger partial charge < -0.3 is 4.74 Å². The molecule has 4 rings (SSSR count). The van der Waals surface area contributed by atoms with Crippen LogP contribution in [0.1, 0.15) is 5.56 Å². The first kappa shape index (κ1) is 24.0. The Morgan fingerprint density at radius 1 is 1.15 bits per heavy atom. The number of ether oxygens (including phenoxy) is 1. The van der Waals surface area contributed by atoms with E-state index in [4.69, 9.17) is 16.3 Å². The summed E-state index contributed by atoms with van der Waals surface area (Å²) in [5.41, 5.74) is 5.12. The first-order chi connectivity index (χ1) is 16.5. The third-order valence-corrected chi connectivity index (χ3v) is 6.46. The van der Waals surface area contributed by atoms with E-state index in [9.17, 15) is 4.79 Å². The van der Waals surface area contributed by atoms with Gasteiger partial charge in [-0.15, -0.1) is 10.2 Å². The zero-order chi connectivity index (χ0) is 23.9. The number of methoxy groups -OCH3 is 1. The number of hydrogen-bond acceptors (Lipinski definition) is 6. The summed E-state index contributed by atoms with van der Waals surface area (Å²) in [5, 5.41) is 14.0. The minimum atomic E-state index is -0.260. The van der Waals surface area contributed by atoms with Crippen LogP contribution in [0.2, 0.25) is 5.02 Å². The van der Waals surface area contributed by atoms with Crippen LogP contribution < -0.4 is 10.2 Å². The van der Waals surface area contributed by atoms with E-state index in [1.165, 1.54) is 11.8 Å². The Morgan fingerprint density at radius 2 is 1.91 bits per heavy atom. The molecule has 1 amide bonds. The van der Waals surface area contributed by atoms with E-state index in [1.54, 1.807) is 25.5 Å². The van der Waals surface area contributed by atoms with Gasteiger partial charge in [-0.1, -0.05) is 41.6 Å². The van der Waals surface area contributed by atoms with Gasteiger partial charge in [0.05, 0.1) is 23.5 Å². The Bertz CT molecular complexity index is 1310. The van der Waals surface area contributed by atoms with Crippen molar-refractivity contribution in [2.24, 2.45) is 5.10 Å². The molecule has 10 heteroatoms. The first-order valence-electron chi connectivity index (χ1n) is 10.1. The van der Waals surface area contributed by atoms with Crippen LogP contribution in [-0.4, -0.2) is 39.7 Å². The van der Waals surface area contributed by atoms with Crippen molar-refractivity contribution in [1.82, 2.24) is 20.2 Å². The number of hydrazone groups is 1. The number of hydrogen-bond donors (Lipinski definition) is 1. The maximum atomic E-state index is 12.4. The predicted molar refractivity (Wildman–Crippen MR) is 139 cm³/mol. The summed E-state index contributed by atoms with van der Waals surface area (Å²) < 4.78 is 7.93. The number of benzene rings is 3. The molecule has 0 aliphatic carbocycles. The molecule has 1 aromatic heterocycles. The van der Waals surface area contributed by atoms with Gasteiger partial charge in [-0.3, -0.25) is 9.36 Å². The van der Waals surface area contributed by atoms with E-state index in [1.807, 2.05) is 65.2 Å². The lowest BCUT2D eigenvalue weighted by Gasteiger charge is -2.10. The van der Waals surface area contributed by atoms with Crippen molar-refractivity contribution in [2.75, 3.05) is 12.9 Å². The van der Waals surface area contributed by atoms with E-state index in [-0.39, 0.29) is 11.7 Å². The summed E-state index contributed by atoms with van der Waals surface area (Å²) in [6.45, 7) is 0. The molecule has 0 radical (unpaired) electrons. The molecule has 4 aromatic rings. The lowest BCUT2D eigenvalue weighted by molar-refractivity contribution is -0.118. The summed E-state index contributed by atoms with van der Waals surface area (Å²) in [5.74, 6) is 1.24. The van der Waals surface area contributed by atoms with Crippen LogP contribution in [-0.2, 0) is 4.79 Å². The SMILES string of the molecule is COc1ccc(/C=N/NC(=O)CSc2nnc(-c3ccc(Cl)cc3)n2-c2ccccc2)cc1Br. The third kappa shape index (κ3) is 5.85. The van der Waals surface area contributed by atoms with Crippen LogP contribution >= 0.6 is 39.3 Å². The standard InChI is InChI=1S/C24H19BrClN5O2S/c1-33-21-12-7-16(13-20(21)25)14-27-28-22(32)15-34-24-30-29-23(17-8-10-18(26)11-9-17)31(24)19-5-3-2-4-6-19/h2-14H,15H2,1H3,(H,28,32)/b27-14+. The molecule has 0 aliphatic heterocycles. The number of thioether (sulfide) groups is 1. The fraction of sp³-hybridized carbons (Fsp3) is 0.0833. The highest BCUT2D eigenvalue weighted by atomic mass is 79.9. The van der Waals surface area contributed by atoms with Crippen LogP contribution in [0.15, 0.2) is 87.5 Å². The fourth-order valence-corrected chi connectivity index (χ4v) is 4.49. The summed E-state index contributed by atoms with van der Waals surface area (Å²) in [6, 6.07) is 22.6. The molecule has 0 aliphatic rings. The van der Waals surface area contributed by atoms with E-state index in [0.29, 0.717) is 16.0 Å². The molecule has 172 valence electrons. The number of nitrogens with zero attached hydrogens (tertiary/aromatic N) is 4. The molecular formula is C24H19BrClN5O2S. The molecule has 7 nitrogen and oxygen atoms in total. The maximum absolute atomic E-state index is 12.4. The zero-order valence-corrected chi connectivity index (χ0v) is 21.1. The molecule has 0 unspecified atom stereocenters. The van der Waals surface area contributed by atoms with Crippen LogP contribution in [0.5, 0.6) is 5.75 Å². The Labute approximate surface area is 214 Å². The second-order valence-corrected chi connectivity index (χ2v) is 9.19. The first-order valence-corrected chi connectivity index (χ1v) is 12.3. The normalized spacial score (nSPS) is 11.0. The van der Waals surface area contributed by atoms with Crippen molar-refractivity contribution in [3.05, 3.63) is 87.9 Å².